The van der Waals surface area contributed by atoms with Gasteiger partial charge in [-0.05, 0) is 66.9 Å². The summed E-state index contributed by atoms with van der Waals surface area (Å²) < 4.78 is 11.8. The Morgan fingerprint density at radius 3 is 1.56 bits per heavy atom. The quantitative estimate of drug-likeness (QED) is 0.0831. The summed E-state index contributed by atoms with van der Waals surface area (Å²) in [6, 6.07) is 16.2. The van der Waals surface area contributed by atoms with E-state index in [1.54, 1.807) is 0 Å². The van der Waals surface area contributed by atoms with E-state index in [4.69, 9.17) is 9.47 Å². The molecule has 0 atom stereocenters. The van der Waals surface area contributed by atoms with Crippen LogP contribution in [0.4, 0.5) is 5.13 Å². The normalized spacial score (nSPS) is 11.4. The SMILES string of the molecule is CCCCCCCCCCCCOc1ccc(/C=N/c2nnc(-c3ccc(OCCCCCCCC)cc3)s2)cc1. The molecule has 0 aliphatic rings. The lowest BCUT2D eigenvalue weighted by Gasteiger charge is -2.06. The molecule has 1 aromatic heterocycles. The Kier molecular flexibility index (Phi) is 16.8. The summed E-state index contributed by atoms with van der Waals surface area (Å²) in [6.45, 7) is 6.08. The van der Waals surface area contributed by atoms with Crippen LogP contribution in [0.1, 0.15) is 122 Å². The molecule has 0 radical (unpaired) electrons. The summed E-state index contributed by atoms with van der Waals surface area (Å²) >= 11 is 1.48. The highest BCUT2D eigenvalue weighted by Crippen LogP contribution is 2.29. The number of aliphatic imine (C=N–C) groups is 1. The predicted octanol–water partition coefficient (Wildman–Crippen LogP) is 11.0. The van der Waals surface area contributed by atoms with Crippen molar-refractivity contribution in [3.05, 3.63) is 54.1 Å². The van der Waals surface area contributed by atoms with Gasteiger partial charge in [-0.3, -0.25) is 0 Å². The Balaban J connectivity index is 1.31. The van der Waals surface area contributed by atoms with Crippen molar-refractivity contribution < 1.29 is 9.47 Å². The minimum Gasteiger partial charge on any atom is -0.494 e. The van der Waals surface area contributed by atoms with Crippen LogP contribution >= 0.6 is 11.3 Å². The number of hydrogen-bond acceptors (Lipinski definition) is 6. The number of unbranched alkanes of at least 4 members (excludes halogenated alkanes) is 14. The second kappa shape index (κ2) is 21.0. The van der Waals surface area contributed by atoms with Gasteiger partial charge in [0.05, 0.1) is 13.2 Å². The van der Waals surface area contributed by atoms with Gasteiger partial charge in [-0.1, -0.05) is 115 Å². The molecule has 1 heterocycles. The lowest BCUT2D eigenvalue weighted by Crippen LogP contribution is -1.97. The van der Waals surface area contributed by atoms with E-state index in [1.165, 1.54) is 101 Å². The van der Waals surface area contributed by atoms with Crippen LogP contribution < -0.4 is 9.47 Å². The summed E-state index contributed by atoms with van der Waals surface area (Å²) in [6.07, 6.45) is 22.8. The van der Waals surface area contributed by atoms with Crippen LogP contribution in [0.25, 0.3) is 10.6 Å². The summed E-state index contributed by atoms with van der Waals surface area (Å²) in [4.78, 5) is 4.53. The maximum atomic E-state index is 5.93. The standard InChI is InChI=1S/C35H51N3O2S/c1-3-5-7-9-11-12-13-14-16-18-27-39-32-23-19-30(20-24-32)29-36-35-38-37-34(41-35)31-21-25-33(26-22-31)40-28-17-15-10-8-6-4-2/h19-26,29H,3-18,27-28H2,1-2H3/b36-29+. The second-order valence-corrected chi connectivity index (χ2v) is 11.8. The summed E-state index contributed by atoms with van der Waals surface area (Å²) in [5.41, 5.74) is 2.04. The minimum atomic E-state index is 0.643. The summed E-state index contributed by atoms with van der Waals surface area (Å²) in [5.74, 6) is 1.82. The molecule has 0 amide bonds. The molecule has 0 saturated heterocycles. The highest BCUT2D eigenvalue weighted by Gasteiger charge is 2.06. The number of benzene rings is 2. The fraction of sp³-hybridized carbons (Fsp3) is 0.571. The number of rotatable bonds is 23. The molecule has 0 saturated carbocycles. The van der Waals surface area contributed by atoms with E-state index in [0.717, 1.165) is 53.7 Å². The predicted molar refractivity (Wildman–Crippen MR) is 175 cm³/mol. The van der Waals surface area contributed by atoms with Crippen molar-refractivity contribution in [1.29, 1.82) is 0 Å². The van der Waals surface area contributed by atoms with Crippen molar-refractivity contribution in [2.75, 3.05) is 13.2 Å². The van der Waals surface area contributed by atoms with Crippen molar-refractivity contribution in [3.8, 4) is 22.1 Å². The van der Waals surface area contributed by atoms with Gasteiger partial charge in [0.15, 0.2) is 0 Å². The molecule has 5 nitrogen and oxygen atoms in total. The Morgan fingerprint density at radius 2 is 1.05 bits per heavy atom. The molecule has 0 spiro atoms. The average Bonchev–Trinajstić information content (AvgIpc) is 3.48. The third-order valence-electron chi connectivity index (χ3n) is 7.25. The van der Waals surface area contributed by atoms with Crippen LogP contribution in [0.5, 0.6) is 11.5 Å². The van der Waals surface area contributed by atoms with Gasteiger partial charge in [0.25, 0.3) is 0 Å². The van der Waals surface area contributed by atoms with E-state index < -0.39 is 0 Å². The molecule has 3 aromatic rings. The maximum Gasteiger partial charge on any atom is 0.231 e. The molecular formula is C35H51N3O2S. The van der Waals surface area contributed by atoms with E-state index in [-0.39, 0.29) is 0 Å². The van der Waals surface area contributed by atoms with E-state index >= 15 is 0 Å². The Bertz CT molecular complexity index is 1080. The van der Waals surface area contributed by atoms with Crippen LogP contribution in [-0.4, -0.2) is 29.6 Å². The Labute approximate surface area is 252 Å². The van der Waals surface area contributed by atoms with Crippen molar-refractivity contribution in [1.82, 2.24) is 10.2 Å². The minimum absolute atomic E-state index is 0.643. The molecule has 41 heavy (non-hydrogen) atoms. The first kappa shape index (κ1) is 32.8. The third-order valence-corrected chi connectivity index (χ3v) is 8.13. The van der Waals surface area contributed by atoms with E-state index in [1.807, 2.05) is 54.7 Å². The van der Waals surface area contributed by atoms with Gasteiger partial charge in [0.2, 0.25) is 5.13 Å². The van der Waals surface area contributed by atoms with Crippen LogP contribution in [0.3, 0.4) is 0 Å². The summed E-state index contributed by atoms with van der Waals surface area (Å²) in [7, 11) is 0. The number of nitrogens with zero attached hydrogens (tertiary/aromatic N) is 3. The van der Waals surface area contributed by atoms with Crippen molar-refractivity contribution >= 4 is 22.7 Å². The van der Waals surface area contributed by atoms with Gasteiger partial charge in [0, 0.05) is 11.8 Å². The first-order chi connectivity index (χ1) is 20.3. The van der Waals surface area contributed by atoms with Crippen LogP contribution in [-0.2, 0) is 0 Å². The van der Waals surface area contributed by atoms with Crippen LogP contribution in [0, 0.1) is 0 Å². The van der Waals surface area contributed by atoms with E-state index in [9.17, 15) is 0 Å². The highest BCUT2D eigenvalue weighted by atomic mass is 32.1. The first-order valence-electron chi connectivity index (χ1n) is 16.1. The topological polar surface area (TPSA) is 56.6 Å². The lowest BCUT2D eigenvalue weighted by atomic mass is 10.1. The van der Waals surface area contributed by atoms with Crippen molar-refractivity contribution in [2.24, 2.45) is 4.99 Å². The molecule has 0 aliphatic carbocycles. The van der Waals surface area contributed by atoms with Gasteiger partial charge in [-0.25, -0.2) is 4.99 Å². The smallest absolute Gasteiger partial charge is 0.231 e. The first-order valence-corrected chi connectivity index (χ1v) is 16.9. The Morgan fingerprint density at radius 1 is 0.585 bits per heavy atom. The lowest BCUT2D eigenvalue weighted by molar-refractivity contribution is 0.304. The highest BCUT2D eigenvalue weighted by molar-refractivity contribution is 7.18. The summed E-state index contributed by atoms with van der Waals surface area (Å²) in [5, 5.41) is 10.1. The van der Waals surface area contributed by atoms with Gasteiger partial charge in [-0.15, -0.1) is 10.2 Å². The second-order valence-electron chi connectivity index (χ2n) is 10.9. The zero-order valence-corrected chi connectivity index (χ0v) is 26.3. The third kappa shape index (κ3) is 14.1. The molecule has 0 aliphatic heterocycles. The number of hydrogen-bond donors (Lipinski definition) is 0. The molecule has 2 aromatic carbocycles. The maximum absolute atomic E-state index is 5.93. The van der Waals surface area contributed by atoms with E-state index in [2.05, 4.69) is 29.0 Å². The van der Waals surface area contributed by atoms with Crippen LogP contribution in [0.15, 0.2) is 53.5 Å². The van der Waals surface area contributed by atoms with Crippen LogP contribution in [0.2, 0.25) is 0 Å². The number of ether oxygens (including phenoxy) is 2. The van der Waals surface area contributed by atoms with Gasteiger partial charge in [0.1, 0.15) is 16.5 Å². The average molecular weight is 578 g/mol. The van der Waals surface area contributed by atoms with Crippen molar-refractivity contribution in [3.63, 3.8) is 0 Å². The largest absolute Gasteiger partial charge is 0.494 e. The molecule has 3 rings (SSSR count). The van der Waals surface area contributed by atoms with Gasteiger partial charge < -0.3 is 9.47 Å². The number of aromatic nitrogens is 2. The van der Waals surface area contributed by atoms with E-state index in [0.29, 0.717) is 5.13 Å². The van der Waals surface area contributed by atoms with Crippen molar-refractivity contribution in [2.45, 2.75) is 117 Å². The molecule has 6 heteroatoms. The zero-order chi connectivity index (χ0) is 28.8. The fourth-order valence-corrected chi connectivity index (χ4v) is 5.41. The molecule has 0 N–H and O–H groups in total. The molecule has 0 bridgehead atoms. The zero-order valence-electron chi connectivity index (χ0n) is 25.5. The van der Waals surface area contributed by atoms with Gasteiger partial charge in [-0.2, -0.15) is 0 Å². The van der Waals surface area contributed by atoms with Gasteiger partial charge >= 0.3 is 0 Å². The molecule has 0 fully saturated rings. The monoisotopic (exact) mass is 577 g/mol. The molecular weight excluding hydrogens is 526 g/mol. The Hall–Kier alpha value is -2.73. The fourth-order valence-electron chi connectivity index (χ4n) is 4.71. The molecule has 0 unspecified atom stereocenters. The molecule has 224 valence electrons.